The van der Waals surface area contributed by atoms with Crippen LogP contribution >= 0.6 is 0 Å². The molecule has 1 aliphatic heterocycles. The van der Waals surface area contributed by atoms with Crippen molar-refractivity contribution in [2.24, 2.45) is 0 Å². The highest BCUT2D eigenvalue weighted by Gasteiger charge is 2.19. The van der Waals surface area contributed by atoms with Gasteiger partial charge in [-0.2, -0.15) is 0 Å². The first kappa shape index (κ1) is 12.7. The molecule has 98 valence electrons. The predicted molar refractivity (Wildman–Crippen MR) is 67.7 cm³/mol. The van der Waals surface area contributed by atoms with Crippen molar-refractivity contribution >= 4 is 5.91 Å². The molecule has 1 atom stereocenters. The summed E-state index contributed by atoms with van der Waals surface area (Å²) in [7, 11) is 3.97. The molecule has 18 heavy (non-hydrogen) atoms. The molecule has 5 nitrogen and oxygen atoms in total. The van der Waals surface area contributed by atoms with Crippen molar-refractivity contribution < 1.29 is 14.3 Å². The Balaban J connectivity index is 2.17. The first-order valence-corrected chi connectivity index (χ1v) is 5.88. The van der Waals surface area contributed by atoms with Gasteiger partial charge in [0.1, 0.15) is 0 Å². The second-order valence-electron chi connectivity index (χ2n) is 4.53. The van der Waals surface area contributed by atoms with Gasteiger partial charge in [-0.1, -0.05) is 6.07 Å². The monoisotopic (exact) mass is 250 g/mol. The SMILES string of the molecule is CC(=O)NCC(c1ccc2c(c1)OCO2)N(C)C. The summed E-state index contributed by atoms with van der Waals surface area (Å²) in [5.41, 5.74) is 1.10. The van der Waals surface area contributed by atoms with Gasteiger partial charge in [0.05, 0.1) is 6.04 Å². The average Bonchev–Trinajstić information content (AvgIpc) is 2.75. The summed E-state index contributed by atoms with van der Waals surface area (Å²) >= 11 is 0. The number of nitrogens with one attached hydrogen (secondary N) is 1. The molecule has 5 heteroatoms. The maximum atomic E-state index is 11.0. The molecule has 0 radical (unpaired) electrons. The van der Waals surface area contributed by atoms with Crippen molar-refractivity contribution in [3.8, 4) is 11.5 Å². The van der Waals surface area contributed by atoms with Crippen LogP contribution in [0.15, 0.2) is 18.2 Å². The summed E-state index contributed by atoms with van der Waals surface area (Å²) in [4.78, 5) is 13.1. The lowest BCUT2D eigenvalue weighted by molar-refractivity contribution is -0.119. The molecule has 1 N–H and O–H groups in total. The Bertz CT molecular complexity index is 446. The van der Waals surface area contributed by atoms with Crippen LogP contribution in [0.25, 0.3) is 0 Å². The van der Waals surface area contributed by atoms with E-state index in [1.807, 2.05) is 32.3 Å². The van der Waals surface area contributed by atoms with E-state index in [2.05, 4.69) is 10.2 Å². The molecule has 0 saturated carbocycles. The Kier molecular flexibility index (Phi) is 3.72. The van der Waals surface area contributed by atoms with Crippen LogP contribution in [0.4, 0.5) is 0 Å². The standard InChI is InChI=1S/C13H18N2O3/c1-9(16)14-7-11(15(2)3)10-4-5-12-13(6-10)18-8-17-12/h4-6,11H,7-8H2,1-3H3,(H,14,16). The van der Waals surface area contributed by atoms with Gasteiger partial charge in [0.25, 0.3) is 0 Å². The Morgan fingerprint density at radius 1 is 1.39 bits per heavy atom. The Morgan fingerprint density at radius 2 is 2.11 bits per heavy atom. The molecule has 1 unspecified atom stereocenters. The van der Waals surface area contributed by atoms with Gasteiger partial charge in [-0.3, -0.25) is 4.79 Å². The number of hydrogen-bond donors (Lipinski definition) is 1. The molecule has 2 rings (SSSR count). The fourth-order valence-electron chi connectivity index (χ4n) is 1.96. The highest BCUT2D eigenvalue weighted by atomic mass is 16.7. The minimum atomic E-state index is -0.0254. The largest absolute Gasteiger partial charge is 0.454 e. The Hall–Kier alpha value is -1.75. The van der Waals surface area contributed by atoms with Crippen LogP contribution in [0.1, 0.15) is 18.5 Å². The van der Waals surface area contributed by atoms with Crippen molar-refractivity contribution in [2.75, 3.05) is 27.4 Å². The maximum Gasteiger partial charge on any atom is 0.231 e. The number of carbonyl (C=O) groups excluding carboxylic acids is 1. The van der Waals surface area contributed by atoms with E-state index >= 15 is 0 Å². The van der Waals surface area contributed by atoms with Gasteiger partial charge < -0.3 is 19.7 Å². The molecule has 1 aromatic carbocycles. The van der Waals surface area contributed by atoms with Gasteiger partial charge in [-0.15, -0.1) is 0 Å². The molecule has 0 aromatic heterocycles. The van der Waals surface area contributed by atoms with Crippen molar-refractivity contribution in [3.05, 3.63) is 23.8 Å². The zero-order valence-corrected chi connectivity index (χ0v) is 10.9. The van der Waals surface area contributed by atoms with E-state index in [4.69, 9.17) is 9.47 Å². The molecule has 1 aliphatic rings. The van der Waals surface area contributed by atoms with E-state index in [0.29, 0.717) is 6.54 Å². The van der Waals surface area contributed by atoms with E-state index in [0.717, 1.165) is 17.1 Å². The molecule has 0 fully saturated rings. The smallest absolute Gasteiger partial charge is 0.231 e. The van der Waals surface area contributed by atoms with E-state index in [-0.39, 0.29) is 18.7 Å². The second kappa shape index (κ2) is 5.27. The van der Waals surface area contributed by atoms with E-state index in [1.54, 1.807) is 0 Å². The lowest BCUT2D eigenvalue weighted by Gasteiger charge is -2.25. The number of hydrogen-bond acceptors (Lipinski definition) is 4. The van der Waals surface area contributed by atoms with Gasteiger partial charge >= 0.3 is 0 Å². The third-order valence-corrected chi connectivity index (χ3v) is 2.95. The summed E-state index contributed by atoms with van der Waals surface area (Å²) < 4.78 is 10.7. The van der Waals surface area contributed by atoms with E-state index in [1.165, 1.54) is 6.92 Å². The van der Waals surface area contributed by atoms with Gasteiger partial charge in [-0.25, -0.2) is 0 Å². The second-order valence-corrected chi connectivity index (χ2v) is 4.53. The third-order valence-electron chi connectivity index (χ3n) is 2.95. The number of fused-ring (bicyclic) bond motifs is 1. The van der Waals surface area contributed by atoms with Crippen molar-refractivity contribution in [1.29, 1.82) is 0 Å². The van der Waals surface area contributed by atoms with Gasteiger partial charge in [0.2, 0.25) is 12.7 Å². The van der Waals surface area contributed by atoms with Crippen LogP contribution in [0.2, 0.25) is 0 Å². The highest BCUT2D eigenvalue weighted by molar-refractivity contribution is 5.72. The first-order valence-electron chi connectivity index (χ1n) is 5.88. The molecule has 0 bridgehead atoms. The number of rotatable bonds is 4. The highest BCUT2D eigenvalue weighted by Crippen LogP contribution is 2.34. The van der Waals surface area contributed by atoms with Gasteiger partial charge in [0, 0.05) is 13.5 Å². The number of likely N-dealkylation sites (N-methyl/N-ethyl adjacent to an activating group) is 1. The Morgan fingerprint density at radius 3 is 2.78 bits per heavy atom. The topological polar surface area (TPSA) is 50.8 Å². The lowest BCUT2D eigenvalue weighted by atomic mass is 10.1. The summed E-state index contributed by atoms with van der Waals surface area (Å²) in [6.45, 7) is 2.37. The molecule has 1 aromatic rings. The molecular formula is C13H18N2O3. The van der Waals surface area contributed by atoms with Crippen LogP contribution in [0.3, 0.4) is 0 Å². The van der Waals surface area contributed by atoms with Crippen LogP contribution in [-0.4, -0.2) is 38.2 Å². The third kappa shape index (κ3) is 2.73. The zero-order valence-electron chi connectivity index (χ0n) is 10.9. The number of amides is 1. The van der Waals surface area contributed by atoms with E-state index < -0.39 is 0 Å². The van der Waals surface area contributed by atoms with E-state index in [9.17, 15) is 4.79 Å². The number of benzene rings is 1. The van der Waals surface area contributed by atoms with Crippen molar-refractivity contribution in [1.82, 2.24) is 10.2 Å². The fraction of sp³-hybridized carbons (Fsp3) is 0.462. The molecule has 0 aliphatic carbocycles. The van der Waals surface area contributed by atoms with Crippen LogP contribution in [0.5, 0.6) is 11.5 Å². The number of ether oxygens (including phenoxy) is 2. The summed E-state index contributed by atoms with van der Waals surface area (Å²) in [6, 6.07) is 5.99. The Labute approximate surface area is 107 Å². The normalized spacial score (nSPS) is 14.7. The zero-order chi connectivity index (χ0) is 13.1. The number of carbonyl (C=O) groups is 1. The van der Waals surface area contributed by atoms with Crippen LogP contribution < -0.4 is 14.8 Å². The average molecular weight is 250 g/mol. The molecule has 0 saturated heterocycles. The van der Waals surface area contributed by atoms with Gasteiger partial charge in [-0.05, 0) is 31.8 Å². The summed E-state index contributed by atoms with van der Waals surface area (Å²) in [5.74, 6) is 1.51. The fourth-order valence-corrected chi connectivity index (χ4v) is 1.96. The maximum absolute atomic E-state index is 11.0. The number of nitrogens with zero attached hydrogens (tertiary/aromatic N) is 1. The van der Waals surface area contributed by atoms with Crippen molar-refractivity contribution in [3.63, 3.8) is 0 Å². The van der Waals surface area contributed by atoms with Crippen LogP contribution in [0, 0.1) is 0 Å². The summed E-state index contributed by atoms with van der Waals surface area (Å²) in [6.07, 6.45) is 0. The van der Waals surface area contributed by atoms with Gasteiger partial charge in [0.15, 0.2) is 11.5 Å². The minimum Gasteiger partial charge on any atom is -0.454 e. The minimum absolute atomic E-state index is 0.0254. The first-order chi connectivity index (χ1) is 8.58. The summed E-state index contributed by atoms with van der Waals surface area (Å²) in [5, 5.41) is 2.84. The predicted octanol–water partition coefficient (Wildman–Crippen LogP) is 1.15. The quantitative estimate of drug-likeness (QED) is 0.871. The molecule has 1 amide bonds. The molecule has 0 spiro atoms. The molecular weight excluding hydrogens is 232 g/mol. The molecule has 1 heterocycles. The van der Waals surface area contributed by atoms with Crippen LogP contribution in [-0.2, 0) is 4.79 Å². The lowest BCUT2D eigenvalue weighted by Crippen LogP contribution is -2.33. The van der Waals surface area contributed by atoms with Crippen molar-refractivity contribution in [2.45, 2.75) is 13.0 Å².